The standard InChI is InChI=1S/C22H18F2N6O3S/c1-13-3-9-18(34(32,33)27-16-6-4-15(23)5-7-16)12-19(13)22(31)25-17-8-10-20(24)21(11-17)30-14(2)26-28-29-30/h3-12,27H,1-2H3,(H,25,31). The van der Waals surface area contributed by atoms with Crippen molar-refractivity contribution < 1.29 is 22.0 Å². The van der Waals surface area contributed by atoms with E-state index in [1.807, 2.05) is 0 Å². The molecular weight excluding hydrogens is 466 g/mol. The average Bonchev–Trinajstić information content (AvgIpc) is 3.22. The van der Waals surface area contributed by atoms with E-state index < -0.39 is 27.6 Å². The van der Waals surface area contributed by atoms with Crippen LogP contribution in [-0.4, -0.2) is 34.5 Å². The smallest absolute Gasteiger partial charge is 0.261 e. The molecule has 1 aromatic heterocycles. The molecule has 0 aliphatic carbocycles. The number of hydrogen-bond donors (Lipinski definition) is 2. The highest BCUT2D eigenvalue weighted by Gasteiger charge is 2.19. The normalized spacial score (nSPS) is 11.3. The molecule has 0 aliphatic rings. The maximum atomic E-state index is 14.3. The molecule has 4 aromatic rings. The summed E-state index contributed by atoms with van der Waals surface area (Å²) in [6.07, 6.45) is 0. The first-order valence-electron chi connectivity index (χ1n) is 9.89. The number of halogens is 2. The molecule has 0 radical (unpaired) electrons. The number of rotatable bonds is 6. The molecule has 12 heteroatoms. The van der Waals surface area contributed by atoms with Crippen molar-refractivity contribution >= 4 is 27.3 Å². The molecule has 0 aliphatic heterocycles. The summed E-state index contributed by atoms with van der Waals surface area (Å²) in [7, 11) is -4.05. The van der Waals surface area contributed by atoms with Gasteiger partial charge < -0.3 is 5.32 Å². The summed E-state index contributed by atoms with van der Waals surface area (Å²) in [4.78, 5) is 12.8. The van der Waals surface area contributed by atoms with Crippen molar-refractivity contribution in [3.05, 3.63) is 89.2 Å². The number of aryl methyl sites for hydroxylation is 2. The van der Waals surface area contributed by atoms with Crippen molar-refractivity contribution in [3.63, 3.8) is 0 Å². The Balaban J connectivity index is 1.60. The molecule has 1 amide bonds. The highest BCUT2D eigenvalue weighted by molar-refractivity contribution is 7.92. The SMILES string of the molecule is Cc1ccc(S(=O)(=O)Nc2ccc(F)cc2)cc1C(=O)Nc1ccc(F)c(-n2nnnc2C)c1. The molecule has 2 N–H and O–H groups in total. The van der Waals surface area contributed by atoms with Gasteiger partial charge in [-0.3, -0.25) is 9.52 Å². The number of benzene rings is 3. The Morgan fingerprint density at radius 2 is 1.65 bits per heavy atom. The molecular formula is C22H18F2N6O3S. The zero-order chi connectivity index (χ0) is 24.5. The first kappa shape index (κ1) is 23.0. The van der Waals surface area contributed by atoms with Gasteiger partial charge >= 0.3 is 0 Å². The van der Waals surface area contributed by atoms with E-state index in [0.29, 0.717) is 11.4 Å². The second-order valence-corrected chi connectivity index (χ2v) is 9.03. The number of carbonyl (C=O) groups is 1. The summed E-state index contributed by atoms with van der Waals surface area (Å²) in [6, 6.07) is 12.8. The van der Waals surface area contributed by atoms with Crippen LogP contribution < -0.4 is 10.0 Å². The van der Waals surface area contributed by atoms with E-state index >= 15 is 0 Å². The maximum absolute atomic E-state index is 14.3. The second-order valence-electron chi connectivity index (χ2n) is 7.35. The molecule has 4 rings (SSSR count). The molecule has 0 saturated heterocycles. The lowest BCUT2D eigenvalue weighted by molar-refractivity contribution is 0.102. The van der Waals surface area contributed by atoms with Gasteiger partial charge in [-0.2, -0.15) is 4.68 Å². The minimum Gasteiger partial charge on any atom is -0.322 e. The number of hydrogen-bond acceptors (Lipinski definition) is 6. The van der Waals surface area contributed by atoms with Gasteiger partial charge in [0.05, 0.1) is 4.90 Å². The topological polar surface area (TPSA) is 119 Å². The van der Waals surface area contributed by atoms with E-state index in [0.717, 1.165) is 18.2 Å². The first-order valence-corrected chi connectivity index (χ1v) is 11.4. The van der Waals surface area contributed by atoms with E-state index in [-0.39, 0.29) is 27.5 Å². The van der Waals surface area contributed by atoms with Crippen molar-refractivity contribution in [3.8, 4) is 5.69 Å². The van der Waals surface area contributed by atoms with Crippen molar-refractivity contribution in [2.24, 2.45) is 0 Å². The molecule has 1 heterocycles. The van der Waals surface area contributed by atoms with Gasteiger partial charge in [0.15, 0.2) is 5.82 Å². The highest BCUT2D eigenvalue weighted by atomic mass is 32.2. The summed E-state index contributed by atoms with van der Waals surface area (Å²) >= 11 is 0. The lowest BCUT2D eigenvalue weighted by atomic mass is 10.1. The Morgan fingerprint density at radius 1 is 0.941 bits per heavy atom. The Hall–Kier alpha value is -4.19. The molecule has 0 bridgehead atoms. The fourth-order valence-electron chi connectivity index (χ4n) is 3.15. The van der Waals surface area contributed by atoms with Gasteiger partial charge in [0.1, 0.15) is 17.3 Å². The maximum Gasteiger partial charge on any atom is 0.261 e. The van der Waals surface area contributed by atoms with E-state index in [1.54, 1.807) is 13.8 Å². The van der Waals surface area contributed by atoms with Gasteiger partial charge in [0, 0.05) is 16.9 Å². The van der Waals surface area contributed by atoms with Gasteiger partial charge in [0.25, 0.3) is 15.9 Å². The molecule has 0 spiro atoms. The van der Waals surface area contributed by atoms with Crippen LogP contribution in [0.5, 0.6) is 0 Å². The van der Waals surface area contributed by atoms with Crippen molar-refractivity contribution in [1.82, 2.24) is 20.2 Å². The Morgan fingerprint density at radius 3 is 2.32 bits per heavy atom. The molecule has 0 saturated carbocycles. The number of tetrazole rings is 1. The van der Waals surface area contributed by atoms with Crippen molar-refractivity contribution in [1.29, 1.82) is 0 Å². The minimum absolute atomic E-state index is 0.0387. The van der Waals surface area contributed by atoms with Crippen LogP contribution in [0.4, 0.5) is 20.2 Å². The number of nitrogens with one attached hydrogen (secondary N) is 2. The van der Waals surface area contributed by atoms with Crippen LogP contribution in [0.15, 0.2) is 65.6 Å². The number of carbonyl (C=O) groups excluding carboxylic acids is 1. The van der Waals surface area contributed by atoms with E-state index in [1.165, 1.54) is 47.1 Å². The van der Waals surface area contributed by atoms with Crippen molar-refractivity contribution in [2.75, 3.05) is 10.0 Å². The van der Waals surface area contributed by atoms with Gasteiger partial charge in [-0.25, -0.2) is 17.2 Å². The molecule has 174 valence electrons. The van der Waals surface area contributed by atoms with Gasteiger partial charge in [-0.1, -0.05) is 6.07 Å². The largest absolute Gasteiger partial charge is 0.322 e. The monoisotopic (exact) mass is 484 g/mol. The van der Waals surface area contributed by atoms with E-state index in [9.17, 15) is 22.0 Å². The highest BCUT2D eigenvalue weighted by Crippen LogP contribution is 2.23. The number of anilines is 2. The van der Waals surface area contributed by atoms with Crippen LogP contribution in [-0.2, 0) is 10.0 Å². The summed E-state index contributed by atoms with van der Waals surface area (Å²) < 4.78 is 56.5. The summed E-state index contributed by atoms with van der Waals surface area (Å²) in [5, 5.41) is 13.6. The second kappa shape index (κ2) is 8.98. The lowest BCUT2D eigenvalue weighted by Crippen LogP contribution is -2.17. The summed E-state index contributed by atoms with van der Waals surface area (Å²) in [6.45, 7) is 3.25. The third-order valence-corrected chi connectivity index (χ3v) is 6.30. The van der Waals surface area contributed by atoms with Crippen LogP contribution in [0.1, 0.15) is 21.7 Å². The molecule has 9 nitrogen and oxygen atoms in total. The Labute approximate surface area is 193 Å². The number of amides is 1. The zero-order valence-corrected chi connectivity index (χ0v) is 18.8. The first-order chi connectivity index (χ1) is 16.1. The Kier molecular flexibility index (Phi) is 6.07. The predicted octanol–water partition coefficient (Wildman–Crippen LogP) is 3.61. The van der Waals surface area contributed by atoms with Crippen LogP contribution in [0, 0.1) is 25.5 Å². The number of nitrogens with zero attached hydrogens (tertiary/aromatic N) is 4. The van der Waals surface area contributed by atoms with Crippen LogP contribution in [0.3, 0.4) is 0 Å². The molecule has 0 unspecified atom stereocenters. The molecule has 0 fully saturated rings. The molecule has 3 aromatic carbocycles. The van der Waals surface area contributed by atoms with Crippen LogP contribution in [0.2, 0.25) is 0 Å². The summed E-state index contributed by atoms with van der Waals surface area (Å²) in [5.74, 6) is -1.34. The van der Waals surface area contributed by atoms with Gasteiger partial charge in [0.2, 0.25) is 0 Å². The van der Waals surface area contributed by atoms with E-state index in [2.05, 4.69) is 25.6 Å². The average molecular weight is 484 g/mol. The third kappa shape index (κ3) is 4.76. The summed E-state index contributed by atoms with van der Waals surface area (Å²) in [5.41, 5.74) is 1.10. The van der Waals surface area contributed by atoms with Gasteiger partial charge in [-0.05, 0) is 84.4 Å². The predicted molar refractivity (Wildman–Crippen MR) is 120 cm³/mol. The molecule has 0 atom stereocenters. The fourth-order valence-corrected chi connectivity index (χ4v) is 4.23. The van der Waals surface area contributed by atoms with E-state index in [4.69, 9.17) is 0 Å². The molecule has 34 heavy (non-hydrogen) atoms. The number of sulfonamides is 1. The lowest BCUT2D eigenvalue weighted by Gasteiger charge is -2.13. The third-order valence-electron chi connectivity index (χ3n) is 4.92. The quantitative estimate of drug-likeness (QED) is 0.432. The fraction of sp³-hybridized carbons (Fsp3) is 0.0909. The number of aromatic nitrogens is 4. The van der Waals surface area contributed by atoms with Crippen molar-refractivity contribution in [2.45, 2.75) is 18.7 Å². The van der Waals surface area contributed by atoms with Crippen LogP contribution >= 0.6 is 0 Å². The van der Waals surface area contributed by atoms with Crippen LogP contribution in [0.25, 0.3) is 5.69 Å². The van der Waals surface area contributed by atoms with Gasteiger partial charge in [-0.15, -0.1) is 5.10 Å². The Bertz CT molecular complexity index is 1490. The minimum atomic E-state index is -4.05. The zero-order valence-electron chi connectivity index (χ0n) is 18.0.